The van der Waals surface area contributed by atoms with Gasteiger partial charge in [0.15, 0.2) is 0 Å². The number of nitrogens with zero attached hydrogens (tertiary/aromatic N) is 4. The molecule has 140 valence electrons. The van der Waals surface area contributed by atoms with Crippen molar-refractivity contribution in [3.8, 4) is 0 Å². The Morgan fingerprint density at radius 3 is 2.46 bits per heavy atom. The summed E-state index contributed by atoms with van der Waals surface area (Å²) in [5.74, 6) is -0.164. The van der Waals surface area contributed by atoms with Gasteiger partial charge in [0.05, 0.1) is 11.4 Å². The molecular weight excluding hydrogens is 374 g/mol. The highest BCUT2D eigenvalue weighted by Crippen LogP contribution is 2.18. The molecule has 26 heavy (non-hydrogen) atoms. The first-order valence-corrected chi connectivity index (χ1v) is 10.6. The number of hydrogen-bond donors (Lipinski definition) is 1. The molecule has 10 heteroatoms. The van der Waals surface area contributed by atoms with Gasteiger partial charge >= 0.3 is 0 Å². The molecule has 1 aliphatic heterocycles. The van der Waals surface area contributed by atoms with Crippen LogP contribution >= 0.6 is 11.3 Å². The molecule has 1 saturated heterocycles. The maximum atomic E-state index is 12.6. The van der Waals surface area contributed by atoms with Crippen molar-refractivity contribution in [3.63, 3.8) is 0 Å². The minimum atomic E-state index is -3.47. The van der Waals surface area contributed by atoms with Gasteiger partial charge in [-0.15, -0.1) is 10.2 Å². The van der Waals surface area contributed by atoms with Crippen LogP contribution in [0.4, 0.5) is 5.13 Å². The zero-order valence-corrected chi connectivity index (χ0v) is 16.1. The fraction of sp³-hybridized carbons (Fsp3) is 0.438. The Balaban J connectivity index is 1.51. The fourth-order valence-corrected chi connectivity index (χ4v) is 4.82. The van der Waals surface area contributed by atoms with Gasteiger partial charge in [0, 0.05) is 26.2 Å². The number of carbonyl (C=O) groups is 1. The van der Waals surface area contributed by atoms with Crippen LogP contribution in [0.3, 0.4) is 0 Å². The lowest BCUT2D eigenvalue weighted by atomic mass is 10.3. The molecule has 1 amide bonds. The predicted octanol–water partition coefficient (Wildman–Crippen LogP) is 1.05. The third-order valence-corrected chi connectivity index (χ3v) is 6.99. The average molecular weight is 396 g/mol. The summed E-state index contributed by atoms with van der Waals surface area (Å²) in [6.45, 7) is 3.94. The van der Waals surface area contributed by atoms with E-state index in [-0.39, 0.29) is 12.5 Å². The van der Waals surface area contributed by atoms with E-state index in [9.17, 15) is 13.2 Å². The van der Waals surface area contributed by atoms with E-state index in [1.807, 2.05) is 11.8 Å². The second kappa shape index (κ2) is 8.21. The monoisotopic (exact) mass is 395 g/mol. The maximum absolute atomic E-state index is 12.6. The third-order valence-electron chi connectivity index (χ3n) is 4.10. The molecule has 1 N–H and O–H groups in total. The summed E-state index contributed by atoms with van der Waals surface area (Å²) in [6.07, 6.45) is 0.783. The molecule has 1 aromatic heterocycles. The van der Waals surface area contributed by atoms with Gasteiger partial charge in [-0.05, 0) is 18.6 Å². The van der Waals surface area contributed by atoms with Crippen LogP contribution in [0.5, 0.6) is 0 Å². The number of sulfonamides is 1. The first-order valence-electron chi connectivity index (χ1n) is 8.39. The van der Waals surface area contributed by atoms with Crippen molar-refractivity contribution >= 4 is 32.4 Å². The van der Waals surface area contributed by atoms with Crippen LogP contribution in [-0.2, 0) is 21.2 Å². The molecule has 2 heterocycles. The summed E-state index contributed by atoms with van der Waals surface area (Å²) < 4.78 is 26.7. The molecule has 0 bridgehead atoms. The van der Waals surface area contributed by atoms with E-state index >= 15 is 0 Å². The minimum absolute atomic E-state index is 0.164. The molecule has 0 atom stereocenters. The molecule has 0 unspecified atom stereocenters. The Morgan fingerprint density at radius 2 is 1.85 bits per heavy atom. The van der Waals surface area contributed by atoms with Crippen LogP contribution in [0.15, 0.2) is 35.2 Å². The fourth-order valence-electron chi connectivity index (χ4n) is 2.68. The van der Waals surface area contributed by atoms with E-state index in [0.29, 0.717) is 36.2 Å². The lowest BCUT2D eigenvalue weighted by Gasteiger charge is -2.33. The van der Waals surface area contributed by atoms with Crippen molar-refractivity contribution in [1.82, 2.24) is 19.4 Å². The average Bonchev–Trinajstić information content (AvgIpc) is 3.10. The topological polar surface area (TPSA) is 95.5 Å². The van der Waals surface area contributed by atoms with Gasteiger partial charge in [-0.25, -0.2) is 8.42 Å². The van der Waals surface area contributed by atoms with Crippen molar-refractivity contribution in [2.75, 3.05) is 38.0 Å². The molecule has 1 aromatic carbocycles. The highest BCUT2D eigenvalue weighted by molar-refractivity contribution is 7.89. The van der Waals surface area contributed by atoms with Gasteiger partial charge in [0.25, 0.3) is 0 Å². The van der Waals surface area contributed by atoms with Crippen molar-refractivity contribution < 1.29 is 13.2 Å². The molecule has 3 rings (SSSR count). The quantitative estimate of drug-likeness (QED) is 0.785. The number of hydrogen-bond acceptors (Lipinski definition) is 7. The van der Waals surface area contributed by atoms with Gasteiger partial charge in [-0.3, -0.25) is 15.0 Å². The normalized spacial score (nSPS) is 16.5. The van der Waals surface area contributed by atoms with Gasteiger partial charge in [-0.2, -0.15) is 4.31 Å². The maximum Gasteiger partial charge on any atom is 0.243 e. The number of nitrogens with one attached hydrogen (secondary N) is 1. The number of benzene rings is 1. The van der Waals surface area contributed by atoms with E-state index in [4.69, 9.17) is 0 Å². The van der Waals surface area contributed by atoms with E-state index < -0.39 is 10.0 Å². The van der Waals surface area contributed by atoms with Crippen LogP contribution in [-0.4, -0.2) is 66.5 Å². The lowest BCUT2D eigenvalue weighted by molar-refractivity contribution is -0.117. The molecule has 0 saturated carbocycles. The summed E-state index contributed by atoms with van der Waals surface area (Å²) in [5.41, 5.74) is 0. The molecule has 0 radical (unpaired) electrons. The van der Waals surface area contributed by atoms with Gasteiger partial charge in [0.2, 0.25) is 21.1 Å². The summed E-state index contributed by atoms with van der Waals surface area (Å²) >= 11 is 1.36. The Kier molecular flexibility index (Phi) is 5.97. The van der Waals surface area contributed by atoms with Gasteiger partial charge in [0.1, 0.15) is 5.01 Å². The zero-order chi connectivity index (χ0) is 18.6. The SMILES string of the molecule is CCc1nnc(NC(=O)CN2CCN(S(=O)(=O)c3ccccc3)CC2)s1. The number of rotatable bonds is 6. The minimum Gasteiger partial charge on any atom is -0.299 e. The summed E-state index contributed by atoms with van der Waals surface area (Å²) in [5, 5.41) is 12.0. The van der Waals surface area contributed by atoms with Crippen LogP contribution < -0.4 is 5.32 Å². The Hall–Kier alpha value is -1.88. The number of aryl methyl sites for hydroxylation is 1. The number of aromatic nitrogens is 2. The van der Waals surface area contributed by atoms with E-state index in [1.165, 1.54) is 15.6 Å². The highest BCUT2D eigenvalue weighted by Gasteiger charge is 2.28. The van der Waals surface area contributed by atoms with Crippen LogP contribution in [0.1, 0.15) is 11.9 Å². The smallest absolute Gasteiger partial charge is 0.243 e. The summed E-state index contributed by atoms with van der Waals surface area (Å²) in [4.78, 5) is 14.4. The molecule has 0 aliphatic carbocycles. The second-order valence-corrected chi connectivity index (χ2v) is 8.90. The summed E-state index contributed by atoms with van der Waals surface area (Å²) in [6, 6.07) is 8.41. The van der Waals surface area contributed by atoms with E-state index in [2.05, 4.69) is 15.5 Å². The molecule has 2 aromatic rings. The predicted molar refractivity (Wildman–Crippen MR) is 99.6 cm³/mol. The van der Waals surface area contributed by atoms with Crippen molar-refractivity contribution in [3.05, 3.63) is 35.3 Å². The van der Waals surface area contributed by atoms with Crippen LogP contribution in [0, 0.1) is 0 Å². The molecular formula is C16H21N5O3S2. The van der Waals surface area contributed by atoms with E-state index in [0.717, 1.165) is 11.4 Å². The number of piperazine rings is 1. The number of anilines is 1. The lowest BCUT2D eigenvalue weighted by Crippen LogP contribution is -2.50. The number of carbonyl (C=O) groups excluding carboxylic acids is 1. The summed E-state index contributed by atoms with van der Waals surface area (Å²) in [7, 11) is -3.47. The zero-order valence-electron chi connectivity index (χ0n) is 14.5. The van der Waals surface area contributed by atoms with Crippen molar-refractivity contribution in [1.29, 1.82) is 0 Å². The first kappa shape index (κ1) is 18.9. The molecule has 8 nitrogen and oxygen atoms in total. The molecule has 0 spiro atoms. The van der Waals surface area contributed by atoms with Gasteiger partial charge < -0.3 is 0 Å². The van der Waals surface area contributed by atoms with Crippen molar-refractivity contribution in [2.24, 2.45) is 0 Å². The van der Waals surface area contributed by atoms with E-state index in [1.54, 1.807) is 30.3 Å². The Bertz CT molecular complexity index is 846. The molecule has 1 fully saturated rings. The molecule has 1 aliphatic rings. The van der Waals surface area contributed by atoms with Crippen molar-refractivity contribution in [2.45, 2.75) is 18.2 Å². The highest BCUT2D eigenvalue weighted by atomic mass is 32.2. The Morgan fingerprint density at radius 1 is 1.15 bits per heavy atom. The second-order valence-electron chi connectivity index (χ2n) is 5.90. The van der Waals surface area contributed by atoms with Gasteiger partial charge in [-0.1, -0.05) is 36.5 Å². The number of amides is 1. The standard InChI is InChI=1S/C16H21N5O3S2/c1-2-15-18-19-16(25-15)17-14(22)12-20-8-10-21(11-9-20)26(23,24)13-6-4-3-5-7-13/h3-7H,2,8-12H2,1H3,(H,17,19,22). The van der Waals surface area contributed by atoms with Crippen LogP contribution in [0.25, 0.3) is 0 Å². The third kappa shape index (κ3) is 4.44. The first-order chi connectivity index (χ1) is 12.5. The van der Waals surface area contributed by atoms with Crippen LogP contribution in [0.2, 0.25) is 0 Å². The Labute approximate surface area is 156 Å². The largest absolute Gasteiger partial charge is 0.299 e.